The summed E-state index contributed by atoms with van der Waals surface area (Å²) in [6.07, 6.45) is 4.99. The number of aryl methyl sites for hydroxylation is 1. The van der Waals surface area contributed by atoms with E-state index in [0.29, 0.717) is 18.9 Å². The number of nitrogens with zero attached hydrogens (tertiary/aromatic N) is 3. The fourth-order valence-corrected chi connectivity index (χ4v) is 1.80. The van der Waals surface area contributed by atoms with Gasteiger partial charge in [0.15, 0.2) is 0 Å². The number of hydrogen-bond donors (Lipinski definition) is 2. The van der Waals surface area contributed by atoms with Gasteiger partial charge in [-0.1, -0.05) is 5.21 Å². The fraction of sp³-hybridized carbons (Fsp3) is 0.700. The molecule has 2 rings (SSSR count). The molecule has 88 valence electrons. The van der Waals surface area contributed by atoms with Crippen LogP contribution >= 0.6 is 0 Å². The second-order valence-electron chi connectivity index (χ2n) is 4.08. The Kier molecular flexibility index (Phi) is 3.87. The van der Waals surface area contributed by atoms with Gasteiger partial charge in [0, 0.05) is 19.2 Å². The van der Waals surface area contributed by atoms with Crippen LogP contribution in [0.1, 0.15) is 12.8 Å². The molecule has 0 saturated carbocycles. The van der Waals surface area contributed by atoms with Gasteiger partial charge >= 0.3 is 0 Å². The molecule has 16 heavy (non-hydrogen) atoms. The first-order valence-corrected chi connectivity index (χ1v) is 5.66. The number of nitrogens with one attached hydrogen (secondary N) is 2. The van der Waals surface area contributed by atoms with E-state index in [4.69, 9.17) is 0 Å². The van der Waals surface area contributed by atoms with Gasteiger partial charge < -0.3 is 10.6 Å². The Morgan fingerprint density at radius 2 is 2.56 bits per heavy atom. The highest BCUT2D eigenvalue weighted by atomic mass is 16.1. The van der Waals surface area contributed by atoms with Gasteiger partial charge in [0.1, 0.15) is 0 Å². The largest absolute Gasteiger partial charge is 0.356 e. The van der Waals surface area contributed by atoms with E-state index in [2.05, 4.69) is 20.9 Å². The molecule has 0 bridgehead atoms. The van der Waals surface area contributed by atoms with Gasteiger partial charge in [0.2, 0.25) is 5.91 Å². The summed E-state index contributed by atoms with van der Waals surface area (Å²) in [5, 5.41) is 13.7. The van der Waals surface area contributed by atoms with Gasteiger partial charge in [-0.15, -0.1) is 5.10 Å². The predicted octanol–water partition coefficient (Wildman–Crippen LogP) is -0.606. The molecule has 1 unspecified atom stereocenters. The number of aromatic nitrogens is 3. The standard InChI is InChI=1S/C10H17N5O/c16-10(2-5-15-6-4-13-14-15)12-8-9-1-3-11-7-9/h4,6,9,11H,1-3,5,7-8H2,(H,12,16). The van der Waals surface area contributed by atoms with Gasteiger partial charge in [0.25, 0.3) is 0 Å². The summed E-state index contributed by atoms with van der Waals surface area (Å²) < 4.78 is 1.66. The number of hydrogen-bond acceptors (Lipinski definition) is 4. The van der Waals surface area contributed by atoms with Crippen LogP contribution in [0.25, 0.3) is 0 Å². The molecule has 1 amide bonds. The van der Waals surface area contributed by atoms with E-state index in [1.165, 1.54) is 0 Å². The van der Waals surface area contributed by atoms with Crippen molar-refractivity contribution in [1.82, 2.24) is 25.6 Å². The van der Waals surface area contributed by atoms with Crippen molar-refractivity contribution >= 4 is 5.91 Å². The van der Waals surface area contributed by atoms with Crippen LogP contribution in [0, 0.1) is 5.92 Å². The van der Waals surface area contributed by atoms with E-state index >= 15 is 0 Å². The smallest absolute Gasteiger partial charge is 0.221 e. The number of amides is 1. The zero-order valence-electron chi connectivity index (χ0n) is 9.22. The van der Waals surface area contributed by atoms with E-state index in [1.54, 1.807) is 17.1 Å². The number of carbonyl (C=O) groups excluding carboxylic acids is 1. The first-order valence-electron chi connectivity index (χ1n) is 5.66. The summed E-state index contributed by atoms with van der Waals surface area (Å²) in [6.45, 7) is 3.46. The zero-order valence-corrected chi connectivity index (χ0v) is 9.22. The molecular weight excluding hydrogens is 206 g/mol. The molecule has 1 aromatic heterocycles. The highest BCUT2D eigenvalue weighted by Gasteiger charge is 2.14. The van der Waals surface area contributed by atoms with Crippen molar-refractivity contribution in [3.8, 4) is 0 Å². The third-order valence-electron chi connectivity index (χ3n) is 2.79. The number of rotatable bonds is 5. The van der Waals surface area contributed by atoms with Crippen LogP contribution in [0.2, 0.25) is 0 Å². The Labute approximate surface area is 94.4 Å². The van der Waals surface area contributed by atoms with Crippen LogP contribution in [0.4, 0.5) is 0 Å². The molecule has 6 nitrogen and oxygen atoms in total. The molecule has 1 aliphatic heterocycles. The van der Waals surface area contributed by atoms with Crippen LogP contribution in [0.3, 0.4) is 0 Å². The van der Waals surface area contributed by atoms with Crippen LogP contribution < -0.4 is 10.6 Å². The van der Waals surface area contributed by atoms with E-state index in [-0.39, 0.29) is 5.91 Å². The molecule has 6 heteroatoms. The Morgan fingerprint density at radius 3 is 3.25 bits per heavy atom. The van der Waals surface area contributed by atoms with Gasteiger partial charge in [-0.05, 0) is 25.4 Å². The van der Waals surface area contributed by atoms with Gasteiger partial charge in [0.05, 0.1) is 12.7 Å². The van der Waals surface area contributed by atoms with Crippen molar-refractivity contribution in [2.24, 2.45) is 5.92 Å². The monoisotopic (exact) mass is 223 g/mol. The maximum Gasteiger partial charge on any atom is 0.221 e. The second kappa shape index (κ2) is 5.60. The zero-order chi connectivity index (χ0) is 11.2. The average Bonchev–Trinajstić information content (AvgIpc) is 2.96. The molecule has 0 aliphatic carbocycles. The molecular formula is C10H17N5O. The lowest BCUT2D eigenvalue weighted by Gasteiger charge is -2.09. The minimum atomic E-state index is 0.0856. The van der Waals surface area contributed by atoms with Gasteiger partial charge in [-0.3, -0.25) is 9.48 Å². The molecule has 2 N–H and O–H groups in total. The summed E-state index contributed by atoms with van der Waals surface area (Å²) in [4.78, 5) is 11.5. The number of carbonyl (C=O) groups is 1. The molecule has 1 atom stereocenters. The lowest BCUT2D eigenvalue weighted by Crippen LogP contribution is -2.30. The Balaban J connectivity index is 1.60. The molecule has 0 aromatic carbocycles. The van der Waals surface area contributed by atoms with E-state index < -0.39 is 0 Å². The first-order chi connectivity index (χ1) is 7.84. The molecule has 1 fully saturated rings. The summed E-state index contributed by atoms with van der Waals surface area (Å²) in [5.74, 6) is 0.678. The van der Waals surface area contributed by atoms with Crippen molar-refractivity contribution in [2.75, 3.05) is 19.6 Å². The SMILES string of the molecule is O=C(CCn1ccnn1)NCC1CCNC1. The first kappa shape index (κ1) is 11.1. The summed E-state index contributed by atoms with van der Waals surface area (Å²) in [5.41, 5.74) is 0. The highest BCUT2D eigenvalue weighted by Crippen LogP contribution is 2.05. The highest BCUT2D eigenvalue weighted by molar-refractivity contribution is 5.75. The molecule has 0 radical (unpaired) electrons. The third kappa shape index (κ3) is 3.30. The predicted molar refractivity (Wildman–Crippen MR) is 58.6 cm³/mol. The van der Waals surface area contributed by atoms with Gasteiger partial charge in [-0.25, -0.2) is 0 Å². The minimum Gasteiger partial charge on any atom is -0.356 e. The van der Waals surface area contributed by atoms with E-state index in [1.807, 2.05) is 0 Å². The summed E-state index contributed by atoms with van der Waals surface area (Å²) >= 11 is 0. The quantitative estimate of drug-likeness (QED) is 0.699. The van der Waals surface area contributed by atoms with Crippen LogP contribution in [0.15, 0.2) is 12.4 Å². The summed E-state index contributed by atoms with van der Waals surface area (Å²) in [7, 11) is 0. The van der Waals surface area contributed by atoms with E-state index in [0.717, 1.165) is 26.1 Å². The normalized spacial score (nSPS) is 19.9. The fourth-order valence-electron chi connectivity index (χ4n) is 1.80. The van der Waals surface area contributed by atoms with Gasteiger partial charge in [-0.2, -0.15) is 0 Å². The van der Waals surface area contributed by atoms with Crippen molar-refractivity contribution in [1.29, 1.82) is 0 Å². The molecule has 1 saturated heterocycles. The molecule has 0 spiro atoms. The second-order valence-corrected chi connectivity index (χ2v) is 4.08. The van der Waals surface area contributed by atoms with Crippen molar-refractivity contribution in [3.63, 3.8) is 0 Å². The Bertz CT molecular complexity index is 318. The Hall–Kier alpha value is -1.43. The maximum absolute atomic E-state index is 11.5. The third-order valence-corrected chi connectivity index (χ3v) is 2.79. The Morgan fingerprint density at radius 1 is 1.62 bits per heavy atom. The molecule has 1 aliphatic rings. The van der Waals surface area contributed by atoms with Crippen LogP contribution in [0.5, 0.6) is 0 Å². The van der Waals surface area contributed by atoms with Crippen LogP contribution in [-0.2, 0) is 11.3 Å². The topological polar surface area (TPSA) is 71.8 Å². The lowest BCUT2D eigenvalue weighted by molar-refractivity contribution is -0.121. The van der Waals surface area contributed by atoms with Crippen molar-refractivity contribution in [2.45, 2.75) is 19.4 Å². The molecule has 1 aromatic rings. The van der Waals surface area contributed by atoms with Crippen molar-refractivity contribution in [3.05, 3.63) is 12.4 Å². The lowest BCUT2D eigenvalue weighted by atomic mass is 10.1. The summed E-state index contributed by atoms with van der Waals surface area (Å²) in [6, 6.07) is 0. The van der Waals surface area contributed by atoms with Crippen LogP contribution in [-0.4, -0.2) is 40.5 Å². The van der Waals surface area contributed by atoms with Crippen molar-refractivity contribution < 1.29 is 4.79 Å². The molecule has 2 heterocycles. The average molecular weight is 223 g/mol. The minimum absolute atomic E-state index is 0.0856. The van der Waals surface area contributed by atoms with E-state index in [9.17, 15) is 4.79 Å². The maximum atomic E-state index is 11.5.